The van der Waals surface area contributed by atoms with E-state index in [2.05, 4.69) is 46.2 Å². The minimum Gasteiger partial charge on any atom is -0.309 e. The number of guanidine groups is 1. The average Bonchev–Trinajstić information content (AvgIpc) is 3.14. The van der Waals surface area contributed by atoms with Crippen molar-refractivity contribution in [3.05, 3.63) is 36.4 Å². The fourth-order valence-electron chi connectivity index (χ4n) is 5.82. The standard InChI is InChI=1S/C25H33N3/c26-25-27(20-13-5-1-2-6-14-20)22-17-9-11-19-12-10-18-23(24(19)22)28(25)21-15-7-3-4-8-16-21/h9-12,17-18,20-21,26H,1-8,13-16H2. The van der Waals surface area contributed by atoms with Crippen LogP contribution in [0.4, 0.5) is 11.4 Å². The Morgan fingerprint density at radius 3 is 1.46 bits per heavy atom. The largest absolute Gasteiger partial charge is 0.309 e. The summed E-state index contributed by atoms with van der Waals surface area (Å²) in [6.07, 6.45) is 15.5. The first kappa shape index (κ1) is 18.0. The monoisotopic (exact) mass is 375 g/mol. The van der Waals surface area contributed by atoms with Gasteiger partial charge in [0.15, 0.2) is 0 Å². The second kappa shape index (κ2) is 7.77. The maximum absolute atomic E-state index is 9.36. The van der Waals surface area contributed by atoms with Gasteiger partial charge in [0.25, 0.3) is 0 Å². The number of nitrogens with zero attached hydrogens (tertiary/aromatic N) is 2. The van der Waals surface area contributed by atoms with Gasteiger partial charge in [0, 0.05) is 17.5 Å². The molecular weight excluding hydrogens is 342 g/mol. The molecule has 3 aliphatic rings. The summed E-state index contributed by atoms with van der Waals surface area (Å²) < 4.78 is 0. The lowest BCUT2D eigenvalue weighted by molar-refractivity contribution is 0.545. The highest BCUT2D eigenvalue weighted by molar-refractivity contribution is 6.21. The Morgan fingerprint density at radius 2 is 1.04 bits per heavy atom. The van der Waals surface area contributed by atoms with Crippen molar-refractivity contribution in [2.24, 2.45) is 0 Å². The quantitative estimate of drug-likeness (QED) is 0.582. The van der Waals surface area contributed by atoms with Gasteiger partial charge in [-0.15, -0.1) is 0 Å². The third kappa shape index (κ3) is 3.09. The molecule has 2 aromatic rings. The van der Waals surface area contributed by atoms with E-state index >= 15 is 0 Å². The van der Waals surface area contributed by atoms with Crippen molar-refractivity contribution in [3.8, 4) is 0 Å². The van der Waals surface area contributed by atoms with E-state index in [1.807, 2.05) is 0 Å². The summed E-state index contributed by atoms with van der Waals surface area (Å²) >= 11 is 0. The van der Waals surface area contributed by atoms with Crippen LogP contribution in [-0.2, 0) is 0 Å². The van der Waals surface area contributed by atoms with Gasteiger partial charge in [0.05, 0.1) is 11.4 Å². The maximum atomic E-state index is 9.36. The van der Waals surface area contributed by atoms with E-state index in [0.29, 0.717) is 12.1 Å². The third-order valence-electron chi connectivity index (χ3n) is 7.22. The summed E-state index contributed by atoms with van der Waals surface area (Å²) in [4.78, 5) is 4.84. The first-order valence-corrected chi connectivity index (χ1v) is 11.5. The van der Waals surface area contributed by atoms with E-state index in [-0.39, 0.29) is 0 Å². The van der Waals surface area contributed by atoms with E-state index in [4.69, 9.17) is 0 Å². The Balaban J connectivity index is 1.64. The van der Waals surface area contributed by atoms with Crippen molar-refractivity contribution >= 4 is 28.1 Å². The molecule has 0 atom stereocenters. The Labute approximate surface area is 169 Å². The van der Waals surface area contributed by atoms with Crippen molar-refractivity contribution in [1.82, 2.24) is 0 Å². The Morgan fingerprint density at radius 1 is 0.607 bits per heavy atom. The maximum Gasteiger partial charge on any atom is 0.203 e. The molecule has 0 spiro atoms. The van der Waals surface area contributed by atoms with Gasteiger partial charge in [0.1, 0.15) is 0 Å². The molecule has 28 heavy (non-hydrogen) atoms. The zero-order chi connectivity index (χ0) is 18.9. The topological polar surface area (TPSA) is 30.3 Å². The number of rotatable bonds is 2. The summed E-state index contributed by atoms with van der Waals surface area (Å²) in [5, 5.41) is 12.1. The zero-order valence-corrected chi connectivity index (χ0v) is 17.0. The minimum absolute atomic E-state index is 0.474. The molecule has 3 nitrogen and oxygen atoms in total. The van der Waals surface area contributed by atoms with Crippen LogP contribution in [0, 0.1) is 5.41 Å². The van der Waals surface area contributed by atoms with E-state index in [9.17, 15) is 5.41 Å². The Hall–Kier alpha value is -2.03. The second-order valence-electron chi connectivity index (χ2n) is 9.01. The first-order chi connectivity index (χ1) is 13.8. The van der Waals surface area contributed by atoms with Crippen molar-refractivity contribution < 1.29 is 0 Å². The van der Waals surface area contributed by atoms with Gasteiger partial charge in [-0.1, -0.05) is 75.6 Å². The first-order valence-electron chi connectivity index (χ1n) is 11.5. The van der Waals surface area contributed by atoms with Gasteiger partial charge in [-0.05, 0) is 43.2 Å². The molecule has 0 saturated heterocycles. The summed E-state index contributed by atoms with van der Waals surface area (Å²) in [5.41, 5.74) is 2.55. The van der Waals surface area contributed by atoms with Crippen LogP contribution in [0.1, 0.15) is 77.0 Å². The predicted octanol–water partition coefficient (Wildman–Crippen LogP) is 6.85. The van der Waals surface area contributed by atoms with Gasteiger partial charge in [0.2, 0.25) is 5.96 Å². The molecule has 1 N–H and O–H groups in total. The molecule has 2 aromatic carbocycles. The highest BCUT2D eigenvalue weighted by atomic mass is 15.4. The van der Waals surface area contributed by atoms with Crippen molar-refractivity contribution in [2.75, 3.05) is 9.80 Å². The summed E-state index contributed by atoms with van der Waals surface area (Å²) in [6.45, 7) is 0. The lowest BCUT2D eigenvalue weighted by Gasteiger charge is -2.46. The molecule has 0 bridgehead atoms. The molecule has 2 aliphatic carbocycles. The predicted molar refractivity (Wildman–Crippen MR) is 120 cm³/mol. The van der Waals surface area contributed by atoms with Crippen LogP contribution < -0.4 is 9.80 Å². The summed E-state index contributed by atoms with van der Waals surface area (Å²) in [5.74, 6) is 0.741. The van der Waals surface area contributed by atoms with Crippen LogP contribution in [0.15, 0.2) is 36.4 Å². The number of benzene rings is 2. The fourth-order valence-corrected chi connectivity index (χ4v) is 5.82. The van der Waals surface area contributed by atoms with Crippen LogP contribution in [0.5, 0.6) is 0 Å². The summed E-state index contributed by atoms with van der Waals surface area (Å²) in [7, 11) is 0. The third-order valence-corrected chi connectivity index (χ3v) is 7.22. The molecule has 0 unspecified atom stereocenters. The molecule has 0 radical (unpaired) electrons. The van der Waals surface area contributed by atoms with Gasteiger partial charge in [-0.3, -0.25) is 5.41 Å². The molecule has 2 fully saturated rings. The van der Waals surface area contributed by atoms with E-state index in [1.54, 1.807) is 0 Å². The molecular formula is C25H33N3. The minimum atomic E-state index is 0.474. The van der Waals surface area contributed by atoms with E-state index in [1.165, 1.54) is 99.2 Å². The van der Waals surface area contributed by atoms with Crippen LogP contribution in [0.2, 0.25) is 0 Å². The number of hydrogen-bond donors (Lipinski definition) is 1. The fraction of sp³-hybridized carbons (Fsp3) is 0.560. The van der Waals surface area contributed by atoms with Crippen molar-refractivity contribution in [1.29, 1.82) is 5.41 Å². The molecule has 0 amide bonds. The highest BCUT2D eigenvalue weighted by Crippen LogP contribution is 2.44. The smallest absolute Gasteiger partial charge is 0.203 e. The molecule has 1 aliphatic heterocycles. The van der Waals surface area contributed by atoms with Crippen LogP contribution in [-0.4, -0.2) is 18.0 Å². The molecule has 3 heteroatoms. The van der Waals surface area contributed by atoms with Gasteiger partial charge in [-0.2, -0.15) is 0 Å². The lowest BCUT2D eigenvalue weighted by atomic mass is 9.96. The van der Waals surface area contributed by atoms with Gasteiger partial charge >= 0.3 is 0 Å². The molecule has 1 heterocycles. The van der Waals surface area contributed by atoms with Gasteiger partial charge in [-0.25, -0.2) is 0 Å². The SMILES string of the molecule is N=C1N(C2CCCCCC2)c2cccc3cccc(c23)N1C1CCCCCC1. The summed E-state index contributed by atoms with van der Waals surface area (Å²) in [6, 6.07) is 14.3. The zero-order valence-electron chi connectivity index (χ0n) is 17.0. The molecule has 148 valence electrons. The lowest BCUT2D eigenvalue weighted by Crippen LogP contribution is -2.55. The van der Waals surface area contributed by atoms with Crippen LogP contribution in [0.3, 0.4) is 0 Å². The van der Waals surface area contributed by atoms with Crippen LogP contribution in [0.25, 0.3) is 10.8 Å². The van der Waals surface area contributed by atoms with E-state index < -0.39 is 0 Å². The molecule has 2 saturated carbocycles. The second-order valence-corrected chi connectivity index (χ2v) is 9.01. The number of anilines is 2. The van der Waals surface area contributed by atoms with Crippen molar-refractivity contribution in [3.63, 3.8) is 0 Å². The normalized spacial score (nSPS) is 22.4. The number of hydrogen-bond acceptors (Lipinski definition) is 1. The van der Waals surface area contributed by atoms with E-state index in [0.717, 1.165) is 5.96 Å². The Bertz CT molecular complexity index is 777. The van der Waals surface area contributed by atoms with Gasteiger partial charge < -0.3 is 9.80 Å². The average molecular weight is 376 g/mol. The molecule has 0 aromatic heterocycles. The van der Waals surface area contributed by atoms with Crippen LogP contribution >= 0.6 is 0 Å². The Kier molecular flexibility index (Phi) is 5.00. The highest BCUT2D eigenvalue weighted by Gasteiger charge is 2.37. The van der Waals surface area contributed by atoms with Crippen molar-refractivity contribution in [2.45, 2.75) is 89.1 Å². The number of nitrogens with one attached hydrogen (secondary N) is 1. The molecule has 5 rings (SSSR count).